The van der Waals surface area contributed by atoms with Gasteiger partial charge in [-0.1, -0.05) is 47.5 Å². The molecular weight excluding hydrogens is 410 g/mol. The molecule has 0 radical (unpaired) electrons. The lowest BCUT2D eigenvalue weighted by molar-refractivity contribution is 0.112. The standard InChI is InChI=1S/C21H19NO5S2/c1-16-7-11-19(12-8-16)28(24,25)22(21-6-4-3-5-18(21)15-23)29(26,27)20-13-9-17(2)10-14-20/h3-15H,1-2H3. The van der Waals surface area contributed by atoms with Gasteiger partial charge in [-0.15, -0.1) is 0 Å². The number of aldehydes is 1. The van der Waals surface area contributed by atoms with Crippen LogP contribution in [0.25, 0.3) is 0 Å². The molecule has 0 aromatic heterocycles. The maximum Gasteiger partial charge on any atom is 0.277 e. The van der Waals surface area contributed by atoms with Crippen LogP contribution in [0.3, 0.4) is 0 Å². The zero-order valence-corrected chi connectivity index (χ0v) is 17.4. The van der Waals surface area contributed by atoms with Crippen LogP contribution in [0.1, 0.15) is 21.5 Å². The minimum atomic E-state index is -4.53. The molecule has 0 N–H and O–H groups in total. The summed E-state index contributed by atoms with van der Waals surface area (Å²) in [6.07, 6.45) is 0.428. The molecule has 0 saturated carbocycles. The van der Waals surface area contributed by atoms with Crippen molar-refractivity contribution in [3.8, 4) is 0 Å². The van der Waals surface area contributed by atoms with Crippen molar-refractivity contribution in [1.29, 1.82) is 0 Å². The van der Waals surface area contributed by atoms with Gasteiger partial charge in [-0.2, -0.15) is 3.71 Å². The second kappa shape index (κ2) is 7.81. The summed E-state index contributed by atoms with van der Waals surface area (Å²) >= 11 is 0. The monoisotopic (exact) mass is 429 g/mol. The van der Waals surface area contributed by atoms with Crippen molar-refractivity contribution in [2.45, 2.75) is 23.6 Å². The van der Waals surface area contributed by atoms with Gasteiger partial charge in [0.25, 0.3) is 20.0 Å². The molecule has 3 aromatic rings. The van der Waals surface area contributed by atoms with Crippen LogP contribution in [-0.2, 0) is 20.0 Å². The van der Waals surface area contributed by atoms with Gasteiger partial charge in [-0.05, 0) is 50.2 Å². The fraction of sp³-hybridized carbons (Fsp3) is 0.0952. The number of anilines is 1. The Balaban J connectivity index is 2.32. The van der Waals surface area contributed by atoms with Gasteiger partial charge in [0.05, 0.1) is 15.5 Å². The number of benzene rings is 3. The van der Waals surface area contributed by atoms with Crippen molar-refractivity contribution in [3.63, 3.8) is 0 Å². The maximum absolute atomic E-state index is 13.4. The Labute approximate surface area is 170 Å². The van der Waals surface area contributed by atoms with E-state index in [1.54, 1.807) is 38.1 Å². The van der Waals surface area contributed by atoms with E-state index < -0.39 is 20.0 Å². The van der Waals surface area contributed by atoms with Gasteiger partial charge in [0.15, 0.2) is 6.29 Å². The summed E-state index contributed by atoms with van der Waals surface area (Å²) in [5.41, 5.74) is 1.36. The first-order valence-corrected chi connectivity index (χ1v) is 11.5. The minimum absolute atomic E-state index is 0.0566. The van der Waals surface area contributed by atoms with Crippen LogP contribution in [0, 0.1) is 13.8 Å². The van der Waals surface area contributed by atoms with E-state index in [0.717, 1.165) is 11.1 Å². The molecule has 0 aliphatic heterocycles. The zero-order chi connectivity index (χ0) is 21.2. The van der Waals surface area contributed by atoms with E-state index in [-0.39, 0.29) is 21.0 Å². The number of sulfonamides is 2. The van der Waals surface area contributed by atoms with Crippen LogP contribution < -0.4 is 3.71 Å². The topological polar surface area (TPSA) is 88.6 Å². The molecule has 0 aliphatic carbocycles. The van der Waals surface area contributed by atoms with E-state index in [1.807, 2.05) is 0 Å². The Morgan fingerprint density at radius 3 is 1.48 bits per heavy atom. The number of aryl methyl sites for hydroxylation is 2. The minimum Gasteiger partial charge on any atom is -0.298 e. The molecule has 0 saturated heterocycles. The number of para-hydroxylation sites is 1. The third kappa shape index (κ3) is 3.94. The molecule has 0 spiro atoms. The number of hydrogen-bond acceptors (Lipinski definition) is 5. The Morgan fingerprint density at radius 1 is 0.655 bits per heavy atom. The molecule has 0 atom stereocenters. The third-order valence-corrected chi connectivity index (χ3v) is 8.51. The SMILES string of the molecule is Cc1ccc(S(=O)(=O)N(c2ccccc2C=O)S(=O)(=O)c2ccc(C)cc2)cc1. The quantitative estimate of drug-likeness (QED) is 0.558. The van der Waals surface area contributed by atoms with Crippen molar-refractivity contribution >= 4 is 32.0 Å². The zero-order valence-electron chi connectivity index (χ0n) is 15.8. The first-order valence-electron chi connectivity index (χ1n) is 8.66. The van der Waals surface area contributed by atoms with Gasteiger partial charge in [0.2, 0.25) is 0 Å². The van der Waals surface area contributed by atoms with Crippen molar-refractivity contribution in [3.05, 3.63) is 89.5 Å². The van der Waals surface area contributed by atoms with Crippen molar-refractivity contribution in [2.75, 3.05) is 3.71 Å². The van der Waals surface area contributed by atoms with Gasteiger partial charge in [-0.3, -0.25) is 4.79 Å². The summed E-state index contributed by atoms with van der Waals surface area (Å²) in [6, 6.07) is 17.3. The predicted molar refractivity (Wildman–Crippen MR) is 111 cm³/mol. The first kappa shape index (κ1) is 20.8. The summed E-state index contributed by atoms with van der Waals surface area (Å²) < 4.78 is 54.1. The number of hydrogen-bond donors (Lipinski definition) is 0. The summed E-state index contributed by atoms with van der Waals surface area (Å²) in [5, 5.41) is 0. The van der Waals surface area contributed by atoms with Gasteiger partial charge in [-0.25, -0.2) is 16.8 Å². The molecule has 0 aliphatic rings. The van der Waals surface area contributed by atoms with E-state index in [2.05, 4.69) is 0 Å². The second-order valence-electron chi connectivity index (χ2n) is 6.51. The summed E-state index contributed by atoms with van der Waals surface area (Å²) in [4.78, 5) is 11.1. The summed E-state index contributed by atoms with van der Waals surface area (Å²) in [5.74, 6) is 0. The van der Waals surface area contributed by atoms with Crippen LogP contribution in [0.2, 0.25) is 0 Å². The average molecular weight is 430 g/mol. The highest BCUT2D eigenvalue weighted by Gasteiger charge is 2.38. The lowest BCUT2D eigenvalue weighted by atomic mass is 10.2. The van der Waals surface area contributed by atoms with E-state index in [0.29, 0.717) is 10.00 Å². The van der Waals surface area contributed by atoms with E-state index in [4.69, 9.17) is 0 Å². The van der Waals surface area contributed by atoms with Crippen molar-refractivity contribution < 1.29 is 21.6 Å². The number of rotatable bonds is 6. The maximum atomic E-state index is 13.4. The van der Waals surface area contributed by atoms with Gasteiger partial charge < -0.3 is 0 Å². The first-order chi connectivity index (χ1) is 13.7. The molecule has 150 valence electrons. The Kier molecular flexibility index (Phi) is 5.59. The van der Waals surface area contributed by atoms with Gasteiger partial charge >= 0.3 is 0 Å². The molecule has 0 bridgehead atoms. The number of carbonyl (C=O) groups is 1. The number of carbonyl (C=O) groups excluding carboxylic acids is 1. The van der Waals surface area contributed by atoms with E-state index >= 15 is 0 Å². The van der Waals surface area contributed by atoms with Crippen LogP contribution in [0.15, 0.2) is 82.6 Å². The highest BCUT2D eigenvalue weighted by atomic mass is 32.3. The highest BCUT2D eigenvalue weighted by molar-refractivity contribution is 8.10. The predicted octanol–water partition coefficient (Wildman–Crippen LogP) is 3.70. The van der Waals surface area contributed by atoms with Crippen LogP contribution in [0.5, 0.6) is 0 Å². The molecule has 29 heavy (non-hydrogen) atoms. The second-order valence-corrected chi connectivity index (χ2v) is 10.3. The van der Waals surface area contributed by atoms with Crippen LogP contribution >= 0.6 is 0 Å². The molecule has 3 rings (SSSR count). The summed E-state index contributed by atoms with van der Waals surface area (Å²) in [7, 11) is -9.07. The molecular formula is C21H19NO5S2. The van der Waals surface area contributed by atoms with Gasteiger partial charge in [0, 0.05) is 5.56 Å². The molecule has 0 unspecified atom stereocenters. The summed E-state index contributed by atoms with van der Waals surface area (Å²) in [6.45, 7) is 3.58. The lowest BCUT2D eigenvalue weighted by Crippen LogP contribution is -2.37. The Morgan fingerprint density at radius 2 is 1.07 bits per heavy atom. The van der Waals surface area contributed by atoms with Gasteiger partial charge in [0.1, 0.15) is 0 Å². The van der Waals surface area contributed by atoms with Crippen LogP contribution in [-0.4, -0.2) is 23.1 Å². The Hall–Kier alpha value is -2.97. The molecule has 0 fully saturated rings. The van der Waals surface area contributed by atoms with E-state index in [9.17, 15) is 21.6 Å². The molecule has 8 heteroatoms. The van der Waals surface area contributed by atoms with Crippen molar-refractivity contribution in [1.82, 2.24) is 0 Å². The molecule has 3 aromatic carbocycles. The smallest absolute Gasteiger partial charge is 0.277 e. The molecule has 0 amide bonds. The Bertz CT molecular complexity index is 1170. The largest absolute Gasteiger partial charge is 0.298 e. The third-order valence-electron chi connectivity index (χ3n) is 4.33. The lowest BCUT2D eigenvalue weighted by Gasteiger charge is -2.25. The van der Waals surface area contributed by atoms with E-state index in [1.165, 1.54) is 48.5 Å². The fourth-order valence-corrected chi connectivity index (χ4v) is 6.50. The van der Waals surface area contributed by atoms with Crippen LogP contribution in [0.4, 0.5) is 5.69 Å². The molecule has 6 nitrogen and oxygen atoms in total. The number of nitrogens with zero attached hydrogens (tertiary/aromatic N) is 1. The normalized spacial score (nSPS) is 11.8. The molecule has 0 heterocycles. The average Bonchev–Trinajstić information content (AvgIpc) is 2.69. The van der Waals surface area contributed by atoms with Crippen molar-refractivity contribution in [2.24, 2.45) is 0 Å². The highest BCUT2D eigenvalue weighted by Crippen LogP contribution is 2.32. The fourth-order valence-electron chi connectivity index (χ4n) is 2.75.